The van der Waals surface area contributed by atoms with E-state index in [0.717, 1.165) is 10.5 Å². The van der Waals surface area contributed by atoms with E-state index in [1.807, 2.05) is 0 Å². The first-order chi connectivity index (χ1) is 21.4. The molecule has 3 atom stereocenters. The average molecular weight is 619 g/mol. The molecule has 5 rings (SSSR count). The van der Waals surface area contributed by atoms with Crippen molar-refractivity contribution in [3.05, 3.63) is 58.7 Å². The highest BCUT2D eigenvalue weighted by Gasteiger charge is 2.36. The summed E-state index contributed by atoms with van der Waals surface area (Å²) in [6.07, 6.45) is -0.402. The van der Waals surface area contributed by atoms with Gasteiger partial charge in [-0.3, -0.25) is 33.7 Å². The van der Waals surface area contributed by atoms with Crippen LogP contribution in [0.5, 0.6) is 0 Å². The van der Waals surface area contributed by atoms with Gasteiger partial charge in [0.1, 0.15) is 6.04 Å². The highest BCUT2D eigenvalue weighted by molar-refractivity contribution is 6.62. The number of hydrogen-bond donors (Lipinski definition) is 6. The molecule has 234 valence electrons. The lowest BCUT2D eigenvalue weighted by atomic mass is 9.78. The minimum Gasteiger partial charge on any atom is -0.423 e. The average Bonchev–Trinajstić information content (AvgIpc) is 3.67. The minimum atomic E-state index is -1.43. The second kappa shape index (κ2) is 13.2. The van der Waals surface area contributed by atoms with Crippen LogP contribution in [-0.4, -0.2) is 89.3 Å². The molecule has 0 radical (unpaired) electrons. The van der Waals surface area contributed by atoms with E-state index in [2.05, 4.69) is 16.0 Å². The molecule has 3 aliphatic heterocycles. The Morgan fingerprint density at radius 3 is 1.89 bits per heavy atom. The van der Waals surface area contributed by atoms with Gasteiger partial charge >= 0.3 is 14.2 Å². The number of imide groups is 1. The SMILES string of the molecule is C[C@H](NC(=O)c1ccc2c(c1)B(O)OC2)[C@H](NC(=O)c1ccc2c(c1)B(O)OC2)C(=O)N[C@@H](CC(N)=O)CN1C(=O)CCC1=O. The minimum absolute atomic E-state index is 0.00415. The number of rotatable bonds is 11. The Kier molecular flexibility index (Phi) is 9.34. The van der Waals surface area contributed by atoms with Gasteiger partial charge in [0.05, 0.1) is 25.3 Å². The maximum atomic E-state index is 13.7. The molecule has 7 N–H and O–H groups in total. The fourth-order valence-electron chi connectivity index (χ4n) is 5.47. The number of primary amides is 1. The van der Waals surface area contributed by atoms with Crippen LogP contribution in [0, 0.1) is 0 Å². The second-order valence-electron chi connectivity index (χ2n) is 11.1. The summed E-state index contributed by atoms with van der Waals surface area (Å²) in [4.78, 5) is 77.5. The van der Waals surface area contributed by atoms with Crippen molar-refractivity contribution in [2.45, 2.75) is 57.5 Å². The molecule has 1 fully saturated rings. The zero-order chi connectivity index (χ0) is 32.4. The molecule has 0 aliphatic carbocycles. The highest BCUT2D eigenvalue weighted by atomic mass is 16.5. The zero-order valence-electron chi connectivity index (χ0n) is 24.3. The van der Waals surface area contributed by atoms with E-state index in [4.69, 9.17) is 15.0 Å². The third kappa shape index (κ3) is 7.06. The van der Waals surface area contributed by atoms with Crippen molar-refractivity contribution in [2.75, 3.05) is 6.54 Å². The van der Waals surface area contributed by atoms with Crippen molar-refractivity contribution in [2.24, 2.45) is 5.73 Å². The predicted octanol–water partition coefficient (Wildman–Crippen LogP) is -3.45. The Bertz CT molecular complexity index is 1560. The molecule has 2 aromatic carbocycles. The molecule has 15 nitrogen and oxygen atoms in total. The summed E-state index contributed by atoms with van der Waals surface area (Å²) in [7, 11) is -2.40. The van der Waals surface area contributed by atoms with E-state index in [1.54, 1.807) is 12.1 Å². The summed E-state index contributed by atoms with van der Waals surface area (Å²) in [5.74, 6) is -3.88. The van der Waals surface area contributed by atoms with Crippen molar-refractivity contribution in [1.82, 2.24) is 20.9 Å². The van der Waals surface area contributed by atoms with Crippen LogP contribution in [0.1, 0.15) is 58.0 Å². The molecule has 17 heteroatoms. The Hall–Kier alpha value is -4.57. The van der Waals surface area contributed by atoms with Gasteiger partial charge in [0.2, 0.25) is 23.6 Å². The van der Waals surface area contributed by atoms with E-state index in [1.165, 1.54) is 31.2 Å². The molecule has 2 aromatic rings. The molecule has 0 spiro atoms. The summed E-state index contributed by atoms with van der Waals surface area (Å²) in [6, 6.07) is 5.61. The van der Waals surface area contributed by atoms with E-state index in [-0.39, 0.29) is 43.7 Å². The first-order valence-corrected chi connectivity index (χ1v) is 14.3. The molecule has 6 amide bonds. The number of amides is 6. The van der Waals surface area contributed by atoms with Crippen LogP contribution in [0.3, 0.4) is 0 Å². The first-order valence-electron chi connectivity index (χ1n) is 14.3. The van der Waals surface area contributed by atoms with Crippen LogP contribution in [0.25, 0.3) is 0 Å². The van der Waals surface area contributed by atoms with Gasteiger partial charge in [-0.2, -0.15) is 0 Å². The molecular weight excluding hydrogens is 588 g/mol. The molecule has 3 heterocycles. The van der Waals surface area contributed by atoms with Crippen LogP contribution >= 0.6 is 0 Å². The number of nitrogens with two attached hydrogens (primary N) is 1. The standard InChI is InChI=1S/C28H31B2N5O10/c1-14(32-26(39)15-2-4-17-12-44-29(42)20(17)8-15)25(34-27(40)16-3-5-18-13-45-30(43)21(18)9-16)28(41)33-19(10-22(31)36)11-35-23(37)6-7-24(35)38/h2-5,8-9,14,19,25,42-43H,6-7,10-13H2,1H3,(H2,31,36)(H,32,39)(H,33,41)(H,34,40)/t14-,19-,25-/m0/s1. The molecule has 1 saturated heterocycles. The first kappa shape index (κ1) is 31.8. The Labute approximate surface area is 258 Å². The number of likely N-dealkylation sites (tertiary alicyclic amines) is 1. The van der Waals surface area contributed by atoms with Crippen molar-refractivity contribution >= 4 is 60.6 Å². The number of nitrogens with one attached hydrogen (secondary N) is 3. The summed E-state index contributed by atoms with van der Waals surface area (Å²) < 4.78 is 10.4. The van der Waals surface area contributed by atoms with Crippen LogP contribution in [0.4, 0.5) is 0 Å². The molecule has 0 bridgehead atoms. The lowest BCUT2D eigenvalue weighted by Crippen LogP contribution is -2.60. The van der Waals surface area contributed by atoms with Crippen LogP contribution < -0.4 is 32.6 Å². The van der Waals surface area contributed by atoms with E-state index in [0.29, 0.717) is 16.5 Å². The van der Waals surface area contributed by atoms with Gasteiger partial charge in [-0.25, -0.2) is 0 Å². The van der Waals surface area contributed by atoms with Crippen molar-refractivity contribution < 1.29 is 48.1 Å². The summed E-state index contributed by atoms with van der Waals surface area (Å²) in [6.45, 7) is 1.53. The Morgan fingerprint density at radius 1 is 0.867 bits per heavy atom. The zero-order valence-corrected chi connectivity index (χ0v) is 24.3. The van der Waals surface area contributed by atoms with Gasteiger partial charge in [0, 0.05) is 36.9 Å². The van der Waals surface area contributed by atoms with Gasteiger partial charge in [0.15, 0.2) is 0 Å². The lowest BCUT2D eigenvalue weighted by molar-refractivity contribution is -0.140. The van der Waals surface area contributed by atoms with Crippen LogP contribution in [0.15, 0.2) is 36.4 Å². The maximum absolute atomic E-state index is 13.7. The topological polar surface area (TPSA) is 227 Å². The van der Waals surface area contributed by atoms with Crippen molar-refractivity contribution in [1.29, 1.82) is 0 Å². The largest absolute Gasteiger partial charge is 0.491 e. The molecule has 0 saturated carbocycles. The lowest BCUT2D eigenvalue weighted by Gasteiger charge is -2.29. The van der Waals surface area contributed by atoms with Gasteiger partial charge in [-0.1, -0.05) is 12.1 Å². The fraction of sp³-hybridized carbons (Fsp3) is 0.357. The predicted molar refractivity (Wildman–Crippen MR) is 158 cm³/mol. The van der Waals surface area contributed by atoms with E-state index in [9.17, 15) is 38.8 Å². The van der Waals surface area contributed by atoms with Crippen molar-refractivity contribution in [3.63, 3.8) is 0 Å². The molecular formula is C28H31B2N5O10. The van der Waals surface area contributed by atoms with E-state index >= 15 is 0 Å². The van der Waals surface area contributed by atoms with Crippen LogP contribution in [-0.2, 0) is 41.7 Å². The number of nitrogens with zero attached hydrogens (tertiary/aromatic N) is 1. The Morgan fingerprint density at radius 2 is 1.38 bits per heavy atom. The fourth-order valence-corrected chi connectivity index (χ4v) is 5.47. The molecule has 0 aromatic heterocycles. The summed E-state index contributed by atoms with van der Waals surface area (Å²) >= 11 is 0. The second-order valence-corrected chi connectivity index (χ2v) is 11.1. The third-order valence-electron chi connectivity index (χ3n) is 7.92. The number of hydrogen-bond acceptors (Lipinski definition) is 10. The summed E-state index contributed by atoms with van der Waals surface area (Å²) in [5, 5.41) is 28.0. The normalized spacial score (nSPS) is 17.4. The molecule has 3 aliphatic rings. The van der Waals surface area contributed by atoms with E-state index < -0.39 is 74.2 Å². The molecule has 45 heavy (non-hydrogen) atoms. The monoisotopic (exact) mass is 619 g/mol. The number of carbonyl (C=O) groups is 6. The van der Waals surface area contributed by atoms with Crippen LogP contribution in [0.2, 0.25) is 0 Å². The number of benzene rings is 2. The maximum Gasteiger partial charge on any atom is 0.491 e. The van der Waals surface area contributed by atoms with Crippen molar-refractivity contribution in [3.8, 4) is 0 Å². The number of fused-ring (bicyclic) bond motifs is 2. The van der Waals surface area contributed by atoms with Gasteiger partial charge < -0.3 is 41.0 Å². The Balaban J connectivity index is 1.37. The quantitative estimate of drug-likeness (QED) is 0.108. The van der Waals surface area contributed by atoms with Gasteiger partial charge in [0.25, 0.3) is 11.8 Å². The smallest absolute Gasteiger partial charge is 0.423 e. The molecule has 0 unspecified atom stereocenters. The highest BCUT2D eigenvalue weighted by Crippen LogP contribution is 2.15. The summed E-state index contributed by atoms with van der Waals surface area (Å²) in [5.41, 5.74) is 7.89. The number of carbonyl (C=O) groups excluding carboxylic acids is 6. The third-order valence-corrected chi connectivity index (χ3v) is 7.92. The van der Waals surface area contributed by atoms with Gasteiger partial charge in [-0.15, -0.1) is 0 Å². The van der Waals surface area contributed by atoms with Gasteiger partial charge in [-0.05, 0) is 53.2 Å².